The molecule has 1 heterocycles. The van der Waals surface area contributed by atoms with Gasteiger partial charge in [-0.25, -0.2) is 0 Å². The van der Waals surface area contributed by atoms with Crippen LogP contribution in [-0.4, -0.2) is 22.1 Å². The Morgan fingerprint density at radius 2 is 2.33 bits per heavy atom. The van der Waals surface area contributed by atoms with Gasteiger partial charge >= 0.3 is 0 Å². The molecule has 5 nitrogen and oxygen atoms in total. The summed E-state index contributed by atoms with van der Waals surface area (Å²) in [6, 6.07) is 0.190. The third kappa shape index (κ3) is 3.03. The Kier molecular flexibility index (Phi) is 3.89. The van der Waals surface area contributed by atoms with E-state index in [0.717, 1.165) is 30.9 Å². The zero-order valence-corrected chi connectivity index (χ0v) is 11.1. The largest absolute Gasteiger partial charge is 0.395 e. The summed E-state index contributed by atoms with van der Waals surface area (Å²) in [4.78, 5) is 12.0. The topological polar surface area (TPSA) is 83.8 Å². The van der Waals surface area contributed by atoms with E-state index in [2.05, 4.69) is 22.4 Å². The number of aromatic nitrogens is 2. The van der Waals surface area contributed by atoms with Gasteiger partial charge in [-0.2, -0.15) is 5.10 Å². The van der Waals surface area contributed by atoms with Crippen molar-refractivity contribution in [2.75, 3.05) is 5.73 Å². The van der Waals surface area contributed by atoms with Crippen molar-refractivity contribution in [3.8, 4) is 0 Å². The van der Waals surface area contributed by atoms with Crippen LogP contribution < -0.4 is 11.1 Å². The normalized spacial score (nSPS) is 16.6. The fraction of sp³-hybridized carbons (Fsp3) is 0.692. The van der Waals surface area contributed by atoms with Crippen LogP contribution in [0.2, 0.25) is 0 Å². The molecule has 1 aromatic rings. The van der Waals surface area contributed by atoms with Gasteiger partial charge in [0, 0.05) is 6.04 Å². The Hall–Kier alpha value is -1.52. The summed E-state index contributed by atoms with van der Waals surface area (Å²) in [5, 5.41) is 9.83. The summed E-state index contributed by atoms with van der Waals surface area (Å²) < 4.78 is 0. The van der Waals surface area contributed by atoms with E-state index in [1.165, 1.54) is 12.8 Å². The summed E-state index contributed by atoms with van der Waals surface area (Å²) in [7, 11) is 0. The minimum atomic E-state index is -0.167. The van der Waals surface area contributed by atoms with Gasteiger partial charge in [-0.1, -0.05) is 26.2 Å². The number of hydrogen-bond donors (Lipinski definition) is 3. The number of aromatic amines is 1. The lowest BCUT2D eigenvalue weighted by Crippen LogP contribution is -2.33. The van der Waals surface area contributed by atoms with Gasteiger partial charge in [-0.05, 0) is 25.7 Å². The van der Waals surface area contributed by atoms with Crippen molar-refractivity contribution in [1.29, 1.82) is 0 Å². The fourth-order valence-corrected chi connectivity index (χ4v) is 2.21. The lowest BCUT2D eigenvalue weighted by atomic mass is 10.1. The molecule has 2 rings (SSSR count). The van der Waals surface area contributed by atoms with Crippen molar-refractivity contribution < 1.29 is 4.79 Å². The first-order valence-corrected chi connectivity index (χ1v) is 6.75. The number of nitrogens with one attached hydrogen (secondary N) is 2. The predicted octanol–water partition coefficient (Wildman–Crippen LogP) is 1.86. The quantitative estimate of drug-likeness (QED) is 0.720. The minimum Gasteiger partial charge on any atom is -0.395 e. The standard InChI is InChI=1S/C13H22N4O/c1-3-4-10-11(14)12(17-16-10)13(18)15-8(2)7-9-5-6-9/h8-9H,3-7,14H2,1-2H3,(H,15,18)(H,16,17). The fourth-order valence-electron chi connectivity index (χ4n) is 2.21. The van der Waals surface area contributed by atoms with E-state index in [0.29, 0.717) is 11.4 Å². The number of hydrogen-bond acceptors (Lipinski definition) is 3. The van der Waals surface area contributed by atoms with Gasteiger partial charge in [0.25, 0.3) is 5.91 Å². The van der Waals surface area contributed by atoms with Crippen LogP contribution in [0.5, 0.6) is 0 Å². The summed E-state index contributed by atoms with van der Waals surface area (Å²) in [5.41, 5.74) is 7.61. The van der Waals surface area contributed by atoms with Gasteiger partial charge < -0.3 is 11.1 Å². The van der Waals surface area contributed by atoms with Crippen LogP contribution in [0.15, 0.2) is 0 Å². The molecule has 4 N–H and O–H groups in total. The number of nitrogen functional groups attached to an aromatic ring is 1. The van der Waals surface area contributed by atoms with Crippen molar-refractivity contribution in [2.24, 2.45) is 5.92 Å². The third-order valence-corrected chi connectivity index (χ3v) is 3.36. The van der Waals surface area contributed by atoms with Gasteiger partial charge in [0.15, 0.2) is 5.69 Å². The Morgan fingerprint density at radius 3 is 2.94 bits per heavy atom. The van der Waals surface area contributed by atoms with Crippen LogP contribution in [0.3, 0.4) is 0 Å². The molecule has 1 aromatic heterocycles. The number of aryl methyl sites for hydroxylation is 1. The minimum absolute atomic E-state index is 0.167. The third-order valence-electron chi connectivity index (χ3n) is 3.36. The first-order chi connectivity index (χ1) is 8.61. The predicted molar refractivity (Wildman–Crippen MR) is 71.3 cm³/mol. The highest BCUT2D eigenvalue weighted by atomic mass is 16.2. The van der Waals surface area contributed by atoms with Crippen LogP contribution in [0.1, 0.15) is 55.7 Å². The number of H-pyrrole nitrogens is 1. The van der Waals surface area contributed by atoms with Crippen molar-refractivity contribution in [2.45, 2.75) is 52.0 Å². The highest BCUT2D eigenvalue weighted by Gasteiger charge is 2.25. The average Bonchev–Trinajstić information content (AvgIpc) is 3.04. The van der Waals surface area contributed by atoms with E-state index in [9.17, 15) is 4.79 Å². The molecule has 1 saturated carbocycles. The van der Waals surface area contributed by atoms with Gasteiger partial charge in [0.05, 0.1) is 11.4 Å². The Bertz CT molecular complexity index is 423. The molecular weight excluding hydrogens is 228 g/mol. The lowest BCUT2D eigenvalue weighted by Gasteiger charge is -2.12. The van der Waals surface area contributed by atoms with E-state index in [1.54, 1.807) is 0 Å². The van der Waals surface area contributed by atoms with Crippen LogP contribution in [0.4, 0.5) is 5.69 Å². The molecule has 0 aliphatic heterocycles. The molecule has 0 radical (unpaired) electrons. The molecule has 5 heteroatoms. The van der Waals surface area contributed by atoms with Crippen LogP contribution in [0, 0.1) is 5.92 Å². The summed E-state index contributed by atoms with van der Waals surface area (Å²) >= 11 is 0. The average molecular weight is 250 g/mol. The van der Waals surface area contributed by atoms with Crippen molar-refractivity contribution in [1.82, 2.24) is 15.5 Å². The SMILES string of the molecule is CCCc1[nH]nc(C(=O)NC(C)CC2CC2)c1N. The molecule has 0 aromatic carbocycles. The number of nitrogens with two attached hydrogens (primary N) is 1. The number of carbonyl (C=O) groups is 1. The smallest absolute Gasteiger partial charge is 0.274 e. The van der Waals surface area contributed by atoms with Gasteiger partial charge in [0.1, 0.15) is 0 Å². The second-order valence-corrected chi connectivity index (χ2v) is 5.27. The van der Waals surface area contributed by atoms with E-state index in [1.807, 2.05) is 6.92 Å². The van der Waals surface area contributed by atoms with Crippen LogP contribution in [0.25, 0.3) is 0 Å². The highest BCUT2D eigenvalue weighted by Crippen LogP contribution is 2.33. The second-order valence-electron chi connectivity index (χ2n) is 5.27. The highest BCUT2D eigenvalue weighted by molar-refractivity contribution is 5.97. The van der Waals surface area contributed by atoms with Gasteiger partial charge in [-0.15, -0.1) is 0 Å². The zero-order chi connectivity index (χ0) is 13.1. The van der Waals surface area contributed by atoms with Crippen LogP contribution in [-0.2, 0) is 6.42 Å². The maximum atomic E-state index is 12.0. The molecule has 1 aliphatic rings. The number of carbonyl (C=O) groups excluding carboxylic acids is 1. The maximum absolute atomic E-state index is 12.0. The molecule has 0 spiro atoms. The molecule has 1 aliphatic carbocycles. The number of rotatable bonds is 6. The van der Waals surface area contributed by atoms with E-state index >= 15 is 0 Å². The van der Waals surface area contributed by atoms with E-state index < -0.39 is 0 Å². The van der Waals surface area contributed by atoms with Gasteiger partial charge in [-0.3, -0.25) is 9.89 Å². The molecule has 0 bridgehead atoms. The first kappa shape index (κ1) is 12.9. The Labute approximate surface area is 108 Å². The van der Waals surface area contributed by atoms with Crippen LogP contribution >= 0.6 is 0 Å². The maximum Gasteiger partial charge on any atom is 0.274 e. The van der Waals surface area contributed by atoms with Crippen molar-refractivity contribution >= 4 is 11.6 Å². The summed E-state index contributed by atoms with van der Waals surface area (Å²) in [6.45, 7) is 4.10. The summed E-state index contributed by atoms with van der Waals surface area (Å²) in [6.07, 6.45) is 5.45. The molecule has 1 fully saturated rings. The Balaban J connectivity index is 1.94. The second kappa shape index (κ2) is 5.42. The zero-order valence-electron chi connectivity index (χ0n) is 11.1. The lowest BCUT2D eigenvalue weighted by molar-refractivity contribution is 0.0933. The number of anilines is 1. The van der Waals surface area contributed by atoms with E-state index in [-0.39, 0.29) is 11.9 Å². The van der Waals surface area contributed by atoms with Crippen molar-refractivity contribution in [3.05, 3.63) is 11.4 Å². The van der Waals surface area contributed by atoms with Gasteiger partial charge in [0.2, 0.25) is 0 Å². The molecule has 18 heavy (non-hydrogen) atoms. The van der Waals surface area contributed by atoms with Crippen molar-refractivity contribution in [3.63, 3.8) is 0 Å². The Morgan fingerprint density at radius 1 is 1.61 bits per heavy atom. The molecule has 1 atom stereocenters. The first-order valence-electron chi connectivity index (χ1n) is 6.75. The molecule has 1 amide bonds. The molecular formula is C13H22N4O. The molecule has 100 valence electrons. The number of nitrogens with zero attached hydrogens (tertiary/aromatic N) is 1. The molecule has 1 unspecified atom stereocenters. The number of amides is 1. The van der Waals surface area contributed by atoms with E-state index in [4.69, 9.17) is 5.73 Å². The summed E-state index contributed by atoms with van der Waals surface area (Å²) in [5.74, 6) is 0.631. The molecule has 0 saturated heterocycles. The monoisotopic (exact) mass is 250 g/mol.